The maximum Gasteiger partial charge on any atom is 0.222 e. The van der Waals surface area contributed by atoms with Crippen molar-refractivity contribution in [3.8, 4) is 11.5 Å². The van der Waals surface area contributed by atoms with Crippen LogP contribution in [-0.4, -0.2) is 26.2 Å². The van der Waals surface area contributed by atoms with Crippen molar-refractivity contribution >= 4 is 5.91 Å². The standard InChI is InChI=1S/C14H21NO3/c1-10(2)14(16)15-7-8-18-12-6-5-11(3)9-13(12)17-4/h5-6,9-10H,7-8H2,1-4H3,(H,15,16). The molecule has 1 aromatic rings. The van der Waals surface area contributed by atoms with E-state index in [1.165, 1.54) is 0 Å². The fraction of sp³-hybridized carbons (Fsp3) is 0.500. The Morgan fingerprint density at radius 2 is 2.06 bits per heavy atom. The van der Waals surface area contributed by atoms with Gasteiger partial charge in [-0.1, -0.05) is 19.9 Å². The molecule has 0 saturated heterocycles. The SMILES string of the molecule is COc1cc(C)ccc1OCCNC(=O)C(C)C. The molecule has 1 rings (SSSR count). The van der Waals surface area contributed by atoms with Crippen LogP contribution in [0.1, 0.15) is 19.4 Å². The predicted molar refractivity (Wildman–Crippen MR) is 71.1 cm³/mol. The first-order chi connectivity index (χ1) is 8.54. The van der Waals surface area contributed by atoms with Gasteiger partial charge in [-0.2, -0.15) is 0 Å². The second-order valence-electron chi connectivity index (χ2n) is 4.45. The van der Waals surface area contributed by atoms with E-state index in [1.54, 1.807) is 7.11 Å². The van der Waals surface area contributed by atoms with Crippen molar-refractivity contribution < 1.29 is 14.3 Å². The van der Waals surface area contributed by atoms with Crippen LogP contribution in [0.25, 0.3) is 0 Å². The average Bonchev–Trinajstić information content (AvgIpc) is 2.35. The molecule has 1 amide bonds. The largest absolute Gasteiger partial charge is 0.493 e. The second-order valence-corrected chi connectivity index (χ2v) is 4.45. The summed E-state index contributed by atoms with van der Waals surface area (Å²) in [7, 11) is 1.61. The molecule has 100 valence electrons. The molecule has 0 heterocycles. The quantitative estimate of drug-likeness (QED) is 0.788. The van der Waals surface area contributed by atoms with Gasteiger partial charge in [0.15, 0.2) is 11.5 Å². The molecule has 4 heteroatoms. The Kier molecular flexibility index (Phi) is 5.49. The van der Waals surface area contributed by atoms with Gasteiger partial charge in [-0.3, -0.25) is 4.79 Å². The number of carbonyl (C=O) groups is 1. The van der Waals surface area contributed by atoms with Crippen molar-refractivity contribution in [2.75, 3.05) is 20.3 Å². The van der Waals surface area contributed by atoms with Crippen LogP contribution in [0, 0.1) is 12.8 Å². The lowest BCUT2D eigenvalue weighted by molar-refractivity contribution is -0.124. The maximum atomic E-state index is 11.3. The van der Waals surface area contributed by atoms with Gasteiger partial charge in [-0.15, -0.1) is 0 Å². The van der Waals surface area contributed by atoms with E-state index in [4.69, 9.17) is 9.47 Å². The van der Waals surface area contributed by atoms with Gasteiger partial charge in [0.2, 0.25) is 5.91 Å². The predicted octanol–water partition coefficient (Wildman–Crippen LogP) is 2.15. The number of carbonyl (C=O) groups excluding carboxylic acids is 1. The van der Waals surface area contributed by atoms with E-state index in [2.05, 4.69) is 5.32 Å². The highest BCUT2D eigenvalue weighted by molar-refractivity contribution is 5.77. The minimum Gasteiger partial charge on any atom is -0.493 e. The first kappa shape index (κ1) is 14.4. The number of aryl methyl sites for hydroxylation is 1. The third-order valence-electron chi connectivity index (χ3n) is 2.50. The Morgan fingerprint density at radius 3 is 2.67 bits per heavy atom. The summed E-state index contributed by atoms with van der Waals surface area (Å²) in [6, 6.07) is 5.75. The van der Waals surface area contributed by atoms with Crippen molar-refractivity contribution in [3.05, 3.63) is 23.8 Å². The minimum absolute atomic E-state index is 0.00101. The van der Waals surface area contributed by atoms with E-state index in [1.807, 2.05) is 39.0 Å². The topological polar surface area (TPSA) is 47.6 Å². The Morgan fingerprint density at radius 1 is 1.33 bits per heavy atom. The van der Waals surface area contributed by atoms with Gasteiger partial charge in [0.05, 0.1) is 13.7 Å². The zero-order valence-corrected chi connectivity index (χ0v) is 11.4. The molecule has 0 unspecified atom stereocenters. The van der Waals surface area contributed by atoms with Crippen molar-refractivity contribution in [2.24, 2.45) is 5.92 Å². The van der Waals surface area contributed by atoms with E-state index in [0.29, 0.717) is 24.7 Å². The number of hydrogen-bond donors (Lipinski definition) is 1. The van der Waals surface area contributed by atoms with E-state index in [0.717, 1.165) is 5.56 Å². The van der Waals surface area contributed by atoms with Crippen LogP contribution >= 0.6 is 0 Å². The zero-order valence-electron chi connectivity index (χ0n) is 11.4. The summed E-state index contributed by atoms with van der Waals surface area (Å²) in [6.45, 7) is 6.64. The van der Waals surface area contributed by atoms with E-state index >= 15 is 0 Å². The lowest BCUT2D eigenvalue weighted by Crippen LogP contribution is -2.31. The van der Waals surface area contributed by atoms with Crippen LogP contribution in [0.4, 0.5) is 0 Å². The number of ether oxygens (including phenoxy) is 2. The third-order valence-corrected chi connectivity index (χ3v) is 2.50. The van der Waals surface area contributed by atoms with Crippen LogP contribution in [0.5, 0.6) is 11.5 Å². The molecule has 0 spiro atoms. The molecule has 0 bridgehead atoms. The third kappa shape index (κ3) is 4.28. The Balaban J connectivity index is 2.42. The summed E-state index contributed by atoms with van der Waals surface area (Å²) in [4.78, 5) is 11.3. The molecule has 0 atom stereocenters. The van der Waals surface area contributed by atoms with Crippen LogP contribution in [0.15, 0.2) is 18.2 Å². The highest BCUT2D eigenvalue weighted by atomic mass is 16.5. The first-order valence-corrected chi connectivity index (χ1v) is 6.09. The number of methoxy groups -OCH3 is 1. The molecule has 0 fully saturated rings. The van der Waals surface area contributed by atoms with Crippen molar-refractivity contribution in [1.29, 1.82) is 0 Å². The Bertz CT molecular complexity index is 402. The summed E-state index contributed by atoms with van der Waals surface area (Å²) in [5.74, 6) is 1.44. The maximum absolute atomic E-state index is 11.3. The van der Waals surface area contributed by atoms with Gasteiger partial charge >= 0.3 is 0 Å². The molecule has 0 aliphatic carbocycles. The van der Waals surface area contributed by atoms with Crippen LogP contribution in [-0.2, 0) is 4.79 Å². The van der Waals surface area contributed by atoms with Gasteiger partial charge in [-0.05, 0) is 24.6 Å². The average molecular weight is 251 g/mol. The summed E-state index contributed by atoms with van der Waals surface area (Å²) in [5.41, 5.74) is 1.12. The second kappa shape index (κ2) is 6.89. The summed E-state index contributed by atoms with van der Waals surface area (Å²) >= 11 is 0. The smallest absolute Gasteiger partial charge is 0.222 e. The van der Waals surface area contributed by atoms with Gasteiger partial charge in [0, 0.05) is 5.92 Å². The number of amides is 1. The van der Waals surface area contributed by atoms with Crippen molar-refractivity contribution in [3.63, 3.8) is 0 Å². The monoisotopic (exact) mass is 251 g/mol. The normalized spacial score (nSPS) is 10.3. The van der Waals surface area contributed by atoms with Gasteiger partial charge < -0.3 is 14.8 Å². The molecule has 1 aromatic carbocycles. The lowest BCUT2D eigenvalue weighted by Gasteiger charge is -2.12. The van der Waals surface area contributed by atoms with E-state index in [9.17, 15) is 4.79 Å². The highest BCUT2D eigenvalue weighted by Crippen LogP contribution is 2.27. The number of rotatable bonds is 6. The summed E-state index contributed by atoms with van der Waals surface area (Å²) < 4.78 is 10.8. The van der Waals surface area contributed by atoms with Gasteiger partial charge in [0.25, 0.3) is 0 Å². The van der Waals surface area contributed by atoms with E-state index in [-0.39, 0.29) is 11.8 Å². The van der Waals surface area contributed by atoms with Crippen molar-refractivity contribution in [1.82, 2.24) is 5.32 Å². The van der Waals surface area contributed by atoms with Gasteiger partial charge in [0.1, 0.15) is 6.61 Å². The zero-order chi connectivity index (χ0) is 13.5. The molecule has 0 aliphatic heterocycles. The molecule has 0 aliphatic rings. The fourth-order valence-electron chi connectivity index (χ4n) is 1.43. The first-order valence-electron chi connectivity index (χ1n) is 6.09. The van der Waals surface area contributed by atoms with Crippen LogP contribution < -0.4 is 14.8 Å². The molecular formula is C14H21NO3. The van der Waals surface area contributed by atoms with Crippen LogP contribution in [0.2, 0.25) is 0 Å². The molecule has 0 aromatic heterocycles. The Hall–Kier alpha value is -1.71. The van der Waals surface area contributed by atoms with Crippen molar-refractivity contribution in [2.45, 2.75) is 20.8 Å². The molecule has 18 heavy (non-hydrogen) atoms. The fourth-order valence-corrected chi connectivity index (χ4v) is 1.43. The summed E-state index contributed by atoms with van der Waals surface area (Å²) in [6.07, 6.45) is 0. The van der Waals surface area contributed by atoms with Gasteiger partial charge in [-0.25, -0.2) is 0 Å². The molecular weight excluding hydrogens is 230 g/mol. The van der Waals surface area contributed by atoms with Crippen LogP contribution in [0.3, 0.4) is 0 Å². The van der Waals surface area contributed by atoms with E-state index < -0.39 is 0 Å². The lowest BCUT2D eigenvalue weighted by atomic mass is 10.2. The Labute approximate surface area is 108 Å². The highest BCUT2D eigenvalue weighted by Gasteiger charge is 2.06. The molecule has 0 saturated carbocycles. The number of hydrogen-bond acceptors (Lipinski definition) is 3. The molecule has 1 N–H and O–H groups in total. The number of benzene rings is 1. The molecule has 4 nitrogen and oxygen atoms in total. The summed E-state index contributed by atoms with van der Waals surface area (Å²) in [5, 5.41) is 2.80. The minimum atomic E-state index is -0.00101. The molecule has 0 radical (unpaired) electrons. The number of nitrogens with one attached hydrogen (secondary N) is 1.